The highest BCUT2D eigenvalue weighted by molar-refractivity contribution is 5.83. The lowest BCUT2D eigenvalue weighted by atomic mass is 10.1. The molecule has 0 unspecified atom stereocenters. The first-order chi connectivity index (χ1) is 10.7. The lowest BCUT2D eigenvalue weighted by molar-refractivity contribution is -0.124. The van der Waals surface area contributed by atoms with E-state index in [1.54, 1.807) is 0 Å². The summed E-state index contributed by atoms with van der Waals surface area (Å²) in [5, 5.41) is 15.1. The highest BCUT2D eigenvalue weighted by atomic mass is 16.5. The highest BCUT2D eigenvalue weighted by Crippen LogP contribution is 2.20. The van der Waals surface area contributed by atoms with Crippen molar-refractivity contribution >= 4 is 16.7 Å². The minimum Gasteiger partial charge on any atom is -0.491 e. The fraction of sp³-hybridized carbons (Fsp3) is 0.353. The molecule has 5 heteroatoms. The fourth-order valence-electron chi connectivity index (χ4n) is 2.65. The molecule has 1 aliphatic heterocycles. The molecule has 2 aromatic rings. The number of β-amino-alcohol motifs (C(OH)–C–C–N with tert-alkyl or cyclic N) is 1. The molecule has 116 valence electrons. The van der Waals surface area contributed by atoms with E-state index >= 15 is 0 Å². The van der Waals surface area contributed by atoms with Crippen LogP contribution < -0.4 is 10.1 Å². The number of amides is 1. The van der Waals surface area contributed by atoms with Gasteiger partial charge in [0.05, 0.1) is 6.54 Å². The first-order valence-electron chi connectivity index (χ1n) is 7.49. The van der Waals surface area contributed by atoms with E-state index < -0.39 is 6.10 Å². The van der Waals surface area contributed by atoms with Gasteiger partial charge in [0.1, 0.15) is 18.5 Å². The van der Waals surface area contributed by atoms with Gasteiger partial charge in [-0.2, -0.15) is 0 Å². The van der Waals surface area contributed by atoms with Crippen LogP contribution in [0.1, 0.15) is 0 Å². The van der Waals surface area contributed by atoms with Crippen LogP contribution in [-0.4, -0.2) is 54.8 Å². The molecule has 3 rings (SSSR count). The Morgan fingerprint density at radius 1 is 1.23 bits per heavy atom. The van der Waals surface area contributed by atoms with E-state index in [4.69, 9.17) is 4.74 Å². The van der Waals surface area contributed by atoms with Crippen molar-refractivity contribution < 1.29 is 14.6 Å². The van der Waals surface area contributed by atoms with E-state index in [9.17, 15) is 9.90 Å². The summed E-state index contributed by atoms with van der Waals surface area (Å²) in [6, 6.07) is 14.0. The Balaban J connectivity index is 1.53. The summed E-state index contributed by atoms with van der Waals surface area (Å²) in [5.74, 6) is 0.753. The van der Waals surface area contributed by atoms with Gasteiger partial charge in [-0.1, -0.05) is 30.3 Å². The normalized spacial score (nSPS) is 17.2. The summed E-state index contributed by atoms with van der Waals surface area (Å²) in [6.45, 7) is 2.40. The van der Waals surface area contributed by atoms with Gasteiger partial charge in [-0.25, -0.2) is 0 Å². The molecular weight excluding hydrogens is 280 g/mol. The van der Waals surface area contributed by atoms with Crippen molar-refractivity contribution in [3.05, 3.63) is 42.5 Å². The van der Waals surface area contributed by atoms with Gasteiger partial charge in [0.2, 0.25) is 5.91 Å². The summed E-state index contributed by atoms with van der Waals surface area (Å²) in [6.07, 6.45) is -0.614. The third-order valence-corrected chi connectivity index (χ3v) is 3.75. The van der Waals surface area contributed by atoms with Gasteiger partial charge < -0.3 is 15.2 Å². The topological polar surface area (TPSA) is 61.8 Å². The maximum Gasteiger partial charge on any atom is 0.234 e. The molecular formula is C17H20N2O3. The van der Waals surface area contributed by atoms with Gasteiger partial charge in [-0.3, -0.25) is 9.69 Å². The summed E-state index contributed by atoms with van der Waals surface area (Å²) >= 11 is 0. The maximum atomic E-state index is 11.3. The first kappa shape index (κ1) is 14.8. The Morgan fingerprint density at radius 3 is 2.86 bits per heavy atom. The lowest BCUT2D eigenvalue weighted by Crippen LogP contribution is -2.50. The number of nitrogens with zero attached hydrogens (tertiary/aromatic N) is 1. The summed E-state index contributed by atoms with van der Waals surface area (Å²) < 4.78 is 5.67. The van der Waals surface area contributed by atoms with Crippen LogP contribution in [0.15, 0.2) is 42.5 Å². The standard InChI is InChI=1S/C17H20N2O3/c20-15(10-19-8-7-18-17(21)11-19)12-22-16-6-5-13-3-1-2-4-14(13)9-16/h1-6,9,15,20H,7-8,10-12H2,(H,18,21)/t15-/m1/s1. The molecule has 5 nitrogen and oxygen atoms in total. The predicted molar refractivity (Wildman–Crippen MR) is 84.9 cm³/mol. The van der Waals surface area contributed by atoms with Crippen molar-refractivity contribution in [2.24, 2.45) is 0 Å². The number of piperazine rings is 1. The van der Waals surface area contributed by atoms with Crippen molar-refractivity contribution in [1.29, 1.82) is 0 Å². The van der Waals surface area contributed by atoms with Gasteiger partial charge >= 0.3 is 0 Å². The monoisotopic (exact) mass is 300 g/mol. The molecule has 1 atom stereocenters. The van der Waals surface area contributed by atoms with Crippen LogP contribution in [0.25, 0.3) is 10.8 Å². The van der Waals surface area contributed by atoms with E-state index in [2.05, 4.69) is 11.4 Å². The predicted octanol–water partition coefficient (Wildman–Crippen LogP) is 1.01. The molecule has 0 aliphatic carbocycles. The van der Waals surface area contributed by atoms with Gasteiger partial charge in [-0.15, -0.1) is 0 Å². The van der Waals surface area contributed by atoms with Crippen molar-refractivity contribution in [3.63, 3.8) is 0 Å². The molecule has 0 saturated carbocycles. The number of rotatable bonds is 5. The molecule has 2 N–H and O–H groups in total. The summed E-state index contributed by atoms with van der Waals surface area (Å²) in [7, 11) is 0. The number of aliphatic hydroxyl groups excluding tert-OH is 1. The first-order valence-corrected chi connectivity index (χ1v) is 7.49. The van der Waals surface area contributed by atoms with E-state index in [1.165, 1.54) is 0 Å². The molecule has 1 fully saturated rings. The average Bonchev–Trinajstić information content (AvgIpc) is 2.53. The van der Waals surface area contributed by atoms with Crippen molar-refractivity contribution in [2.75, 3.05) is 32.8 Å². The Kier molecular flexibility index (Phi) is 4.56. The summed E-state index contributed by atoms with van der Waals surface area (Å²) in [4.78, 5) is 13.2. The number of nitrogens with one attached hydrogen (secondary N) is 1. The number of benzene rings is 2. The molecule has 22 heavy (non-hydrogen) atoms. The zero-order chi connectivity index (χ0) is 15.4. The fourth-order valence-corrected chi connectivity index (χ4v) is 2.65. The molecule has 0 radical (unpaired) electrons. The third kappa shape index (κ3) is 3.75. The maximum absolute atomic E-state index is 11.3. The number of carbonyl (C=O) groups excluding carboxylic acids is 1. The Labute approximate surface area is 129 Å². The van der Waals surface area contributed by atoms with Crippen LogP contribution in [0.2, 0.25) is 0 Å². The molecule has 0 aromatic heterocycles. The molecule has 1 saturated heterocycles. The molecule has 0 bridgehead atoms. The van der Waals surface area contributed by atoms with Crippen LogP contribution in [0.4, 0.5) is 0 Å². The Hall–Kier alpha value is -2.11. The van der Waals surface area contributed by atoms with E-state index in [0.29, 0.717) is 19.6 Å². The number of hydrogen-bond acceptors (Lipinski definition) is 4. The highest BCUT2D eigenvalue weighted by Gasteiger charge is 2.19. The van der Waals surface area contributed by atoms with Crippen molar-refractivity contribution in [1.82, 2.24) is 10.2 Å². The minimum atomic E-state index is -0.614. The quantitative estimate of drug-likeness (QED) is 0.865. The summed E-state index contributed by atoms with van der Waals surface area (Å²) in [5.41, 5.74) is 0. The van der Waals surface area contributed by atoms with Crippen LogP contribution in [0.3, 0.4) is 0 Å². The van der Waals surface area contributed by atoms with Crippen LogP contribution >= 0.6 is 0 Å². The second-order valence-electron chi connectivity index (χ2n) is 5.56. The second-order valence-corrected chi connectivity index (χ2v) is 5.56. The van der Waals surface area contributed by atoms with Crippen LogP contribution in [-0.2, 0) is 4.79 Å². The van der Waals surface area contributed by atoms with E-state index in [1.807, 2.05) is 41.3 Å². The van der Waals surface area contributed by atoms with E-state index in [-0.39, 0.29) is 12.5 Å². The molecule has 1 aliphatic rings. The van der Waals surface area contributed by atoms with Gasteiger partial charge in [-0.05, 0) is 22.9 Å². The molecule has 2 aromatic carbocycles. The SMILES string of the molecule is O=C1CN(C[C@@H](O)COc2ccc3ccccc3c2)CCN1. The third-order valence-electron chi connectivity index (χ3n) is 3.75. The van der Waals surface area contributed by atoms with Crippen LogP contribution in [0.5, 0.6) is 5.75 Å². The number of hydrogen-bond donors (Lipinski definition) is 2. The number of fused-ring (bicyclic) bond motifs is 1. The zero-order valence-corrected chi connectivity index (χ0v) is 12.4. The smallest absolute Gasteiger partial charge is 0.234 e. The molecule has 0 spiro atoms. The molecule has 1 amide bonds. The van der Waals surface area contributed by atoms with E-state index in [0.717, 1.165) is 23.1 Å². The zero-order valence-electron chi connectivity index (χ0n) is 12.4. The number of ether oxygens (including phenoxy) is 1. The lowest BCUT2D eigenvalue weighted by Gasteiger charge is -2.28. The van der Waals surface area contributed by atoms with Gasteiger partial charge in [0, 0.05) is 19.6 Å². The minimum absolute atomic E-state index is 0.00824. The Morgan fingerprint density at radius 2 is 2.05 bits per heavy atom. The number of aliphatic hydroxyl groups is 1. The Bertz CT molecular complexity index is 659. The van der Waals surface area contributed by atoms with Crippen molar-refractivity contribution in [2.45, 2.75) is 6.10 Å². The van der Waals surface area contributed by atoms with Crippen molar-refractivity contribution in [3.8, 4) is 5.75 Å². The second kappa shape index (κ2) is 6.77. The van der Waals surface area contributed by atoms with Gasteiger partial charge in [0.25, 0.3) is 0 Å². The van der Waals surface area contributed by atoms with Gasteiger partial charge in [0.15, 0.2) is 0 Å². The average molecular weight is 300 g/mol. The number of carbonyl (C=O) groups is 1. The van der Waals surface area contributed by atoms with Crippen LogP contribution in [0, 0.1) is 0 Å². The largest absolute Gasteiger partial charge is 0.491 e. The molecule has 1 heterocycles.